The van der Waals surface area contributed by atoms with Crippen LogP contribution in [0.5, 0.6) is 5.75 Å². The van der Waals surface area contributed by atoms with Gasteiger partial charge in [0.2, 0.25) is 0 Å². The number of ether oxygens (including phenoxy) is 1. The van der Waals surface area contributed by atoms with Crippen LogP contribution < -0.4 is 15.6 Å². The maximum absolute atomic E-state index is 12.4. The van der Waals surface area contributed by atoms with Crippen LogP contribution in [0.25, 0.3) is 0 Å². The zero-order chi connectivity index (χ0) is 15.1. The Balaban J connectivity index is 1.57. The Morgan fingerprint density at radius 1 is 1.32 bits per heavy atom. The number of para-hydroxylation sites is 1. The lowest BCUT2D eigenvalue weighted by Crippen LogP contribution is -2.31. The topological polar surface area (TPSA) is 84.1 Å². The highest BCUT2D eigenvalue weighted by molar-refractivity contribution is 5.92. The number of aromatic amines is 1. The van der Waals surface area contributed by atoms with Gasteiger partial charge in [0.05, 0.1) is 6.04 Å². The van der Waals surface area contributed by atoms with Crippen molar-refractivity contribution in [3.63, 3.8) is 0 Å². The molecular formula is C16H15N3O3. The third-order valence-electron chi connectivity index (χ3n) is 3.96. The van der Waals surface area contributed by atoms with Crippen molar-refractivity contribution in [2.24, 2.45) is 0 Å². The zero-order valence-corrected chi connectivity index (χ0v) is 11.8. The standard InChI is InChI=1S/C16H15N3O3/c20-14-7-11(17-15(19-14)9-5-6-9)16(21)18-12-8-22-13-4-2-1-3-10(12)13/h1-4,7,9,12H,5-6,8H2,(H,18,21)(H,17,19,20). The first-order valence-corrected chi connectivity index (χ1v) is 7.34. The molecule has 6 heteroatoms. The number of nitrogens with zero attached hydrogens (tertiary/aromatic N) is 1. The molecule has 1 aliphatic carbocycles. The van der Waals surface area contributed by atoms with E-state index in [1.54, 1.807) is 0 Å². The van der Waals surface area contributed by atoms with E-state index in [2.05, 4.69) is 15.3 Å². The number of hydrogen-bond acceptors (Lipinski definition) is 4. The summed E-state index contributed by atoms with van der Waals surface area (Å²) in [6.45, 7) is 0.393. The number of aromatic nitrogens is 2. The summed E-state index contributed by atoms with van der Waals surface area (Å²) in [6, 6.07) is 8.62. The molecule has 0 saturated heterocycles. The summed E-state index contributed by atoms with van der Waals surface area (Å²) in [4.78, 5) is 31.0. The normalized spacial score (nSPS) is 19.4. The molecule has 6 nitrogen and oxygen atoms in total. The number of fused-ring (bicyclic) bond motifs is 1. The number of carbonyl (C=O) groups excluding carboxylic acids is 1. The fourth-order valence-corrected chi connectivity index (χ4v) is 2.66. The van der Waals surface area contributed by atoms with E-state index in [9.17, 15) is 9.59 Å². The number of carbonyl (C=O) groups is 1. The summed E-state index contributed by atoms with van der Waals surface area (Å²) in [5, 5.41) is 2.89. The van der Waals surface area contributed by atoms with Crippen molar-refractivity contribution in [3.05, 3.63) is 57.8 Å². The van der Waals surface area contributed by atoms with Gasteiger partial charge in [-0.05, 0) is 18.9 Å². The van der Waals surface area contributed by atoms with Crippen molar-refractivity contribution in [2.75, 3.05) is 6.61 Å². The fourth-order valence-electron chi connectivity index (χ4n) is 2.66. The molecule has 1 atom stereocenters. The van der Waals surface area contributed by atoms with E-state index in [0.717, 1.165) is 24.2 Å². The molecule has 1 fully saturated rings. The minimum absolute atomic E-state index is 0.162. The zero-order valence-electron chi connectivity index (χ0n) is 11.8. The second-order valence-corrected chi connectivity index (χ2v) is 5.67. The predicted octanol–water partition coefficient (Wildman–Crippen LogP) is 1.51. The van der Waals surface area contributed by atoms with Crippen LogP contribution in [0.4, 0.5) is 0 Å². The summed E-state index contributed by atoms with van der Waals surface area (Å²) in [7, 11) is 0. The largest absolute Gasteiger partial charge is 0.491 e. The van der Waals surface area contributed by atoms with Crippen LogP contribution >= 0.6 is 0 Å². The Morgan fingerprint density at radius 2 is 2.14 bits per heavy atom. The number of amides is 1. The highest BCUT2D eigenvalue weighted by Gasteiger charge is 2.29. The van der Waals surface area contributed by atoms with E-state index in [1.165, 1.54) is 6.07 Å². The van der Waals surface area contributed by atoms with Crippen molar-refractivity contribution in [3.8, 4) is 5.75 Å². The molecule has 22 heavy (non-hydrogen) atoms. The molecule has 2 aromatic rings. The first-order valence-electron chi connectivity index (χ1n) is 7.34. The van der Waals surface area contributed by atoms with Crippen molar-refractivity contribution in [1.29, 1.82) is 0 Å². The summed E-state index contributed by atoms with van der Waals surface area (Å²) < 4.78 is 5.54. The lowest BCUT2D eigenvalue weighted by molar-refractivity contribution is 0.0924. The number of nitrogens with one attached hydrogen (secondary N) is 2. The Kier molecular flexibility index (Phi) is 2.96. The average molecular weight is 297 g/mol. The van der Waals surface area contributed by atoms with Crippen LogP contribution in [0.3, 0.4) is 0 Å². The lowest BCUT2D eigenvalue weighted by atomic mass is 10.1. The van der Waals surface area contributed by atoms with Crippen LogP contribution in [0.2, 0.25) is 0 Å². The monoisotopic (exact) mass is 297 g/mol. The van der Waals surface area contributed by atoms with Crippen LogP contribution in [-0.4, -0.2) is 22.5 Å². The fraction of sp³-hybridized carbons (Fsp3) is 0.312. The maximum atomic E-state index is 12.4. The molecule has 4 rings (SSSR count). The average Bonchev–Trinajstić information content (AvgIpc) is 3.30. The van der Waals surface area contributed by atoms with Gasteiger partial charge >= 0.3 is 0 Å². The molecular weight excluding hydrogens is 282 g/mol. The van der Waals surface area contributed by atoms with E-state index in [1.807, 2.05) is 24.3 Å². The van der Waals surface area contributed by atoms with Crippen LogP contribution in [-0.2, 0) is 0 Å². The van der Waals surface area contributed by atoms with Gasteiger partial charge in [-0.25, -0.2) is 4.98 Å². The minimum atomic E-state index is -0.349. The molecule has 0 bridgehead atoms. The van der Waals surface area contributed by atoms with Gasteiger partial charge in [-0.3, -0.25) is 9.59 Å². The summed E-state index contributed by atoms with van der Waals surface area (Å²) in [5.41, 5.74) is 0.822. The van der Waals surface area contributed by atoms with E-state index in [0.29, 0.717) is 12.4 Å². The minimum Gasteiger partial charge on any atom is -0.491 e. The van der Waals surface area contributed by atoms with Gasteiger partial charge < -0.3 is 15.0 Å². The maximum Gasteiger partial charge on any atom is 0.270 e. The molecule has 1 aliphatic heterocycles. The number of benzene rings is 1. The second kappa shape index (κ2) is 4.98. The smallest absolute Gasteiger partial charge is 0.270 e. The predicted molar refractivity (Wildman–Crippen MR) is 79.0 cm³/mol. The van der Waals surface area contributed by atoms with Gasteiger partial charge in [-0.2, -0.15) is 0 Å². The molecule has 2 aliphatic rings. The SMILES string of the molecule is O=C(NC1COc2ccccc21)c1cc(=O)[nH]c(C2CC2)n1. The molecule has 1 unspecified atom stereocenters. The van der Waals surface area contributed by atoms with Gasteiger partial charge in [-0.1, -0.05) is 18.2 Å². The van der Waals surface area contributed by atoms with Crippen LogP contribution in [0.1, 0.15) is 46.7 Å². The molecule has 1 saturated carbocycles. The van der Waals surface area contributed by atoms with E-state index in [-0.39, 0.29) is 29.1 Å². The molecule has 0 radical (unpaired) electrons. The van der Waals surface area contributed by atoms with Crippen LogP contribution in [0, 0.1) is 0 Å². The van der Waals surface area contributed by atoms with Crippen LogP contribution in [0.15, 0.2) is 35.1 Å². The molecule has 2 N–H and O–H groups in total. The van der Waals surface area contributed by atoms with Crippen molar-refractivity contribution in [1.82, 2.24) is 15.3 Å². The van der Waals surface area contributed by atoms with Crippen molar-refractivity contribution < 1.29 is 9.53 Å². The van der Waals surface area contributed by atoms with E-state index >= 15 is 0 Å². The first kappa shape index (κ1) is 13.1. The summed E-state index contributed by atoms with van der Waals surface area (Å²) in [6.07, 6.45) is 2.02. The highest BCUT2D eigenvalue weighted by atomic mass is 16.5. The third kappa shape index (κ3) is 2.36. The molecule has 1 aromatic heterocycles. The van der Waals surface area contributed by atoms with E-state index in [4.69, 9.17) is 4.74 Å². The number of hydrogen-bond donors (Lipinski definition) is 2. The van der Waals surface area contributed by atoms with Gasteiger partial charge in [0.25, 0.3) is 11.5 Å². The summed E-state index contributed by atoms with van der Waals surface area (Å²) in [5.74, 6) is 1.33. The Hall–Kier alpha value is -2.63. The Bertz CT molecular complexity index is 795. The summed E-state index contributed by atoms with van der Waals surface area (Å²) >= 11 is 0. The molecule has 112 valence electrons. The molecule has 0 spiro atoms. The van der Waals surface area contributed by atoms with Gasteiger partial charge in [-0.15, -0.1) is 0 Å². The molecule has 1 aromatic carbocycles. The third-order valence-corrected chi connectivity index (χ3v) is 3.96. The van der Waals surface area contributed by atoms with E-state index < -0.39 is 0 Å². The Morgan fingerprint density at radius 3 is 2.95 bits per heavy atom. The Labute approximate surface area is 126 Å². The van der Waals surface area contributed by atoms with Crippen molar-refractivity contribution >= 4 is 5.91 Å². The molecule has 1 amide bonds. The van der Waals surface area contributed by atoms with Gasteiger partial charge in [0, 0.05) is 17.5 Å². The first-order chi connectivity index (χ1) is 10.7. The quantitative estimate of drug-likeness (QED) is 0.899. The lowest BCUT2D eigenvalue weighted by Gasteiger charge is -2.11. The second-order valence-electron chi connectivity index (χ2n) is 5.67. The molecule has 2 heterocycles. The van der Waals surface area contributed by atoms with Gasteiger partial charge in [0.15, 0.2) is 0 Å². The number of rotatable bonds is 3. The van der Waals surface area contributed by atoms with Crippen molar-refractivity contribution in [2.45, 2.75) is 24.8 Å². The highest BCUT2D eigenvalue weighted by Crippen LogP contribution is 2.37. The number of H-pyrrole nitrogens is 1. The van der Waals surface area contributed by atoms with Gasteiger partial charge in [0.1, 0.15) is 23.9 Å².